The number of carboxylic acids is 1. The van der Waals surface area contributed by atoms with E-state index in [1.54, 1.807) is 35.2 Å². The lowest BCUT2D eigenvalue weighted by Gasteiger charge is -2.00. The Bertz CT molecular complexity index is 520. The van der Waals surface area contributed by atoms with Crippen LogP contribution in [0.2, 0.25) is 0 Å². The normalized spacial score (nSPS) is 10.4. The van der Waals surface area contributed by atoms with Crippen molar-refractivity contribution in [2.24, 2.45) is 0 Å². The summed E-state index contributed by atoms with van der Waals surface area (Å²) in [4.78, 5) is 13.1. The maximum Gasteiger partial charge on any atom is 0.335 e. The third-order valence-electron chi connectivity index (χ3n) is 2.10. The highest BCUT2D eigenvalue weighted by Crippen LogP contribution is 2.28. The SMILES string of the molecule is O=C(O)c1ccc(SCc2cc(Br)cs2)cc1. The fourth-order valence-electron chi connectivity index (χ4n) is 1.28. The van der Waals surface area contributed by atoms with Gasteiger partial charge in [-0.05, 0) is 46.3 Å². The van der Waals surface area contributed by atoms with Crippen molar-refractivity contribution in [3.05, 3.63) is 50.6 Å². The van der Waals surface area contributed by atoms with E-state index in [1.807, 2.05) is 12.1 Å². The Balaban J connectivity index is 1.97. The Morgan fingerprint density at radius 1 is 1.35 bits per heavy atom. The van der Waals surface area contributed by atoms with Crippen LogP contribution in [0.3, 0.4) is 0 Å². The summed E-state index contributed by atoms with van der Waals surface area (Å²) < 4.78 is 1.11. The van der Waals surface area contributed by atoms with Crippen molar-refractivity contribution >= 4 is 45.0 Å². The first-order valence-electron chi connectivity index (χ1n) is 4.84. The van der Waals surface area contributed by atoms with Crippen molar-refractivity contribution in [3.63, 3.8) is 0 Å². The Kier molecular flexibility index (Phi) is 4.25. The van der Waals surface area contributed by atoms with Gasteiger partial charge in [-0.25, -0.2) is 4.79 Å². The van der Waals surface area contributed by atoms with Crippen molar-refractivity contribution in [2.75, 3.05) is 0 Å². The Labute approximate surface area is 116 Å². The monoisotopic (exact) mass is 328 g/mol. The number of aromatic carboxylic acids is 1. The molecule has 5 heteroatoms. The van der Waals surface area contributed by atoms with Crippen LogP contribution in [0.25, 0.3) is 0 Å². The molecule has 2 nitrogen and oxygen atoms in total. The minimum atomic E-state index is -0.885. The van der Waals surface area contributed by atoms with Crippen molar-refractivity contribution in [1.29, 1.82) is 0 Å². The molecule has 1 heterocycles. The quantitative estimate of drug-likeness (QED) is 0.839. The van der Waals surface area contributed by atoms with E-state index in [1.165, 1.54) is 4.88 Å². The van der Waals surface area contributed by atoms with Gasteiger partial charge < -0.3 is 5.11 Å². The highest BCUT2D eigenvalue weighted by Gasteiger charge is 2.03. The van der Waals surface area contributed by atoms with E-state index in [0.717, 1.165) is 15.1 Å². The second-order valence-corrected chi connectivity index (χ2v) is 6.31. The van der Waals surface area contributed by atoms with E-state index in [0.29, 0.717) is 5.56 Å². The molecule has 88 valence electrons. The molecule has 1 N–H and O–H groups in total. The summed E-state index contributed by atoms with van der Waals surface area (Å²) in [6, 6.07) is 9.06. The third kappa shape index (κ3) is 3.59. The molecule has 17 heavy (non-hydrogen) atoms. The molecule has 0 unspecified atom stereocenters. The number of hydrogen-bond acceptors (Lipinski definition) is 3. The number of hydrogen-bond donors (Lipinski definition) is 1. The van der Waals surface area contributed by atoms with Crippen molar-refractivity contribution < 1.29 is 9.90 Å². The van der Waals surface area contributed by atoms with Gasteiger partial charge in [0.25, 0.3) is 0 Å². The molecule has 0 aliphatic rings. The number of rotatable bonds is 4. The van der Waals surface area contributed by atoms with E-state index < -0.39 is 5.97 Å². The molecule has 1 aromatic heterocycles. The highest BCUT2D eigenvalue weighted by atomic mass is 79.9. The molecule has 2 rings (SSSR count). The average molecular weight is 329 g/mol. The van der Waals surface area contributed by atoms with Crippen LogP contribution < -0.4 is 0 Å². The van der Waals surface area contributed by atoms with Gasteiger partial charge in [-0.15, -0.1) is 23.1 Å². The second kappa shape index (κ2) is 5.71. The van der Waals surface area contributed by atoms with Crippen molar-refractivity contribution in [2.45, 2.75) is 10.6 Å². The minimum Gasteiger partial charge on any atom is -0.478 e. The zero-order chi connectivity index (χ0) is 12.3. The second-order valence-electron chi connectivity index (χ2n) is 3.35. The number of carboxylic acid groups (broad SMARTS) is 1. The van der Waals surface area contributed by atoms with E-state index in [2.05, 4.69) is 27.4 Å². The van der Waals surface area contributed by atoms with Gasteiger partial charge in [0, 0.05) is 25.4 Å². The van der Waals surface area contributed by atoms with Gasteiger partial charge in [0.2, 0.25) is 0 Å². The number of halogens is 1. The molecule has 0 bridgehead atoms. The van der Waals surface area contributed by atoms with Crippen LogP contribution >= 0.6 is 39.0 Å². The van der Waals surface area contributed by atoms with Crippen LogP contribution in [0.15, 0.2) is 45.1 Å². The number of thiophene rings is 1. The summed E-state index contributed by atoms with van der Waals surface area (Å²) in [5.74, 6) is 0.0200. The zero-order valence-corrected chi connectivity index (χ0v) is 11.9. The zero-order valence-electron chi connectivity index (χ0n) is 8.72. The predicted octanol–water partition coefficient (Wildman–Crippen LogP) is 4.50. The maximum absolute atomic E-state index is 10.7. The molecular formula is C12H9BrO2S2. The molecule has 0 radical (unpaired) electrons. The maximum atomic E-state index is 10.7. The van der Waals surface area contributed by atoms with Crippen LogP contribution in [-0.4, -0.2) is 11.1 Å². The Hall–Kier alpha value is -0.780. The summed E-state index contributed by atoms with van der Waals surface area (Å²) in [6.07, 6.45) is 0. The van der Waals surface area contributed by atoms with E-state index in [4.69, 9.17) is 5.11 Å². The van der Waals surface area contributed by atoms with Crippen molar-refractivity contribution in [1.82, 2.24) is 0 Å². The summed E-state index contributed by atoms with van der Waals surface area (Å²) in [6.45, 7) is 0. The van der Waals surface area contributed by atoms with Crippen LogP contribution in [-0.2, 0) is 5.75 Å². The van der Waals surface area contributed by atoms with Crippen LogP contribution in [0, 0.1) is 0 Å². The van der Waals surface area contributed by atoms with Gasteiger partial charge in [-0.1, -0.05) is 0 Å². The average Bonchev–Trinajstić information content (AvgIpc) is 2.73. The van der Waals surface area contributed by atoms with Crippen LogP contribution in [0.5, 0.6) is 0 Å². The largest absolute Gasteiger partial charge is 0.478 e. The van der Waals surface area contributed by atoms with Gasteiger partial charge in [-0.2, -0.15) is 0 Å². The smallest absolute Gasteiger partial charge is 0.335 e. The summed E-state index contributed by atoms with van der Waals surface area (Å²) >= 11 is 6.84. The number of thioether (sulfide) groups is 1. The fourth-order valence-corrected chi connectivity index (χ4v) is 3.68. The fraction of sp³-hybridized carbons (Fsp3) is 0.0833. The molecule has 0 fully saturated rings. The first kappa shape index (κ1) is 12.7. The molecule has 0 aliphatic heterocycles. The molecule has 0 saturated carbocycles. The molecule has 0 atom stereocenters. The van der Waals surface area contributed by atoms with Gasteiger partial charge in [-0.3, -0.25) is 0 Å². The van der Waals surface area contributed by atoms with Crippen LogP contribution in [0.1, 0.15) is 15.2 Å². The lowest BCUT2D eigenvalue weighted by Crippen LogP contribution is -1.94. The highest BCUT2D eigenvalue weighted by molar-refractivity contribution is 9.10. The molecule has 0 spiro atoms. The van der Waals surface area contributed by atoms with Gasteiger partial charge in [0.1, 0.15) is 0 Å². The van der Waals surface area contributed by atoms with E-state index in [9.17, 15) is 4.79 Å². The Morgan fingerprint density at radius 2 is 2.06 bits per heavy atom. The van der Waals surface area contributed by atoms with Gasteiger partial charge in [0.05, 0.1) is 5.56 Å². The summed E-state index contributed by atoms with van der Waals surface area (Å²) in [5, 5.41) is 10.8. The van der Waals surface area contributed by atoms with Gasteiger partial charge in [0.15, 0.2) is 0 Å². The predicted molar refractivity (Wildman–Crippen MR) is 75.0 cm³/mol. The third-order valence-corrected chi connectivity index (χ3v) is 5.05. The Morgan fingerprint density at radius 3 is 2.59 bits per heavy atom. The number of carbonyl (C=O) groups is 1. The summed E-state index contributed by atoms with van der Waals surface area (Å²) in [5.41, 5.74) is 0.327. The topological polar surface area (TPSA) is 37.3 Å². The van der Waals surface area contributed by atoms with Crippen molar-refractivity contribution in [3.8, 4) is 0 Å². The first-order chi connectivity index (χ1) is 8.15. The molecule has 0 amide bonds. The lowest BCUT2D eigenvalue weighted by atomic mass is 10.2. The van der Waals surface area contributed by atoms with Crippen LogP contribution in [0.4, 0.5) is 0 Å². The first-order valence-corrected chi connectivity index (χ1v) is 7.50. The number of benzene rings is 1. The van der Waals surface area contributed by atoms with E-state index >= 15 is 0 Å². The minimum absolute atomic E-state index is 0.327. The molecule has 1 aromatic carbocycles. The molecular weight excluding hydrogens is 320 g/mol. The molecule has 0 aliphatic carbocycles. The standard InChI is InChI=1S/C12H9BrO2S2/c13-9-5-11(16-6-9)7-17-10-3-1-8(2-4-10)12(14)15/h1-6H,7H2,(H,14,15). The lowest BCUT2D eigenvalue weighted by molar-refractivity contribution is 0.0697. The molecule has 2 aromatic rings. The summed E-state index contributed by atoms with van der Waals surface area (Å²) in [7, 11) is 0. The van der Waals surface area contributed by atoms with Gasteiger partial charge >= 0.3 is 5.97 Å². The molecule has 0 saturated heterocycles. The van der Waals surface area contributed by atoms with E-state index in [-0.39, 0.29) is 0 Å².